The highest BCUT2D eigenvalue weighted by atomic mass is 35.5. The summed E-state index contributed by atoms with van der Waals surface area (Å²) in [6.07, 6.45) is 2.54. The smallest absolute Gasteiger partial charge is 0.106 e. The molecule has 0 aliphatic rings. The largest absolute Gasteiger partial charge is 0.384 e. The molecule has 1 aromatic carbocycles. The van der Waals surface area contributed by atoms with Gasteiger partial charge in [0, 0.05) is 18.0 Å². The van der Waals surface area contributed by atoms with E-state index < -0.39 is 6.10 Å². The van der Waals surface area contributed by atoms with Crippen molar-refractivity contribution in [3.63, 3.8) is 0 Å². The molecular formula is C12H9Cl2NO. The van der Waals surface area contributed by atoms with Gasteiger partial charge in [-0.05, 0) is 23.8 Å². The number of pyridine rings is 1. The van der Waals surface area contributed by atoms with Crippen molar-refractivity contribution in [2.75, 3.05) is 0 Å². The molecule has 4 heteroatoms. The van der Waals surface area contributed by atoms with Crippen LogP contribution in [0.5, 0.6) is 0 Å². The van der Waals surface area contributed by atoms with Gasteiger partial charge in [0.15, 0.2) is 0 Å². The first-order chi connectivity index (χ1) is 7.68. The number of hydrogen-bond acceptors (Lipinski definition) is 2. The Morgan fingerprint density at radius 2 is 1.88 bits per heavy atom. The Bertz CT molecular complexity index is 488. The van der Waals surface area contributed by atoms with Gasteiger partial charge in [0.25, 0.3) is 0 Å². The first-order valence-corrected chi connectivity index (χ1v) is 5.47. The molecule has 0 bridgehead atoms. The molecule has 2 rings (SSSR count). The van der Waals surface area contributed by atoms with Gasteiger partial charge < -0.3 is 5.11 Å². The third kappa shape index (κ3) is 2.35. The van der Waals surface area contributed by atoms with Gasteiger partial charge >= 0.3 is 0 Å². The van der Waals surface area contributed by atoms with E-state index in [-0.39, 0.29) is 0 Å². The van der Waals surface area contributed by atoms with E-state index in [2.05, 4.69) is 4.98 Å². The summed E-state index contributed by atoms with van der Waals surface area (Å²) >= 11 is 11.7. The van der Waals surface area contributed by atoms with Crippen molar-refractivity contribution >= 4 is 23.2 Å². The molecule has 0 fully saturated rings. The second kappa shape index (κ2) is 4.83. The fraction of sp³-hybridized carbons (Fsp3) is 0.0833. The fourth-order valence-electron chi connectivity index (χ4n) is 1.41. The van der Waals surface area contributed by atoms with Crippen molar-refractivity contribution < 1.29 is 5.11 Å². The first kappa shape index (κ1) is 11.4. The van der Waals surface area contributed by atoms with Crippen LogP contribution in [0.2, 0.25) is 10.0 Å². The van der Waals surface area contributed by atoms with Crippen LogP contribution in [-0.4, -0.2) is 10.1 Å². The van der Waals surface area contributed by atoms with Crippen LogP contribution in [0.3, 0.4) is 0 Å². The SMILES string of the molecule is O[C@H](c1cccnc1)c1ccc(Cl)c(Cl)c1. The molecule has 1 aromatic heterocycles. The monoisotopic (exact) mass is 253 g/mol. The third-order valence-electron chi connectivity index (χ3n) is 2.26. The molecule has 0 saturated carbocycles. The molecule has 0 unspecified atom stereocenters. The Kier molecular flexibility index (Phi) is 3.44. The van der Waals surface area contributed by atoms with E-state index in [1.165, 1.54) is 0 Å². The minimum atomic E-state index is -0.733. The highest BCUT2D eigenvalue weighted by molar-refractivity contribution is 6.42. The predicted molar refractivity (Wildman–Crippen MR) is 64.8 cm³/mol. The van der Waals surface area contributed by atoms with Gasteiger partial charge in [0.05, 0.1) is 10.0 Å². The van der Waals surface area contributed by atoms with E-state index in [9.17, 15) is 5.11 Å². The highest BCUT2D eigenvalue weighted by Crippen LogP contribution is 2.28. The topological polar surface area (TPSA) is 33.1 Å². The van der Waals surface area contributed by atoms with E-state index in [0.717, 1.165) is 5.56 Å². The van der Waals surface area contributed by atoms with Crippen LogP contribution in [0.25, 0.3) is 0 Å². The molecule has 1 atom stereocenters. The van der Waals surface area contributed by atoms with Crippen LogP contribution in [-0.2, 0) is 0 Å². The van der Waals surface area contributed by atoms with Gasteiger partial charge in [-0.15, -0.1) is 0 Å². The maximum absolute atomic E-state index is 10.1. The Hall–Kier alpha value is -1.09. The van der Waals surface area contributed by atoms with Gasteiger partial charge in [-0.25, -0.2) is 0 Å². The van der Waals surface area contributed by atoms with Crippen molar-refractivity contribution in [1.29, 1.82) is 0 Å². The fourth-order valence-corrected chi connectivity index (χ4v) is 1.72. The molecule has 0 amide bonds. The van der Waals surface area contributed by atoms with Gasteiger partial charge in [0.1, 0.15) is 6.10 Å². The van der Waals surface area contributed by atoms with Crippen LogP contribution in [0.15, 0.2) is 42.7 Å². The van der Waals surface area contributed by atoms with Crippen LogP contribution in [0, 0.1) is 0 Å². The van der Waals surface area contributed by atoms with Gasteiger partial charge in [-0.2, -0.15) is 0 Å². The normalized spacial score (nSPS) is 12.4. The Morgan fingerprint density at radius 3 is 2.50 bits per heavy atom. The second-order valence-electron chi connectivity index (χ2n) is 3.36. The molecule has 0 radical (unpaired) electrons. The summed E-state index contributed by atoms with van der Waals surface area (Å²) in [6, 6.07) is 8.64. The lowest BCUT2D eigenvalue weighted by Gasteiger charge is -2.11. The zero-order chi connectivity index (χ0) is 11.5. The van der Waals surface area contributed by atoms with Crippen LogP contribution < -0.4 is 0 Å². The van der Waals surface area contributed by atoms with Crippen LogP contribution >= 0.6 is 23.2 Å². The summed E-state index contributed by atoms with van der Waals surface area (Å²) in [6.45, 7) is 0. The van der Waals surface area contributed by atoms with Crippen molar-refractivity contribution in [1.82, 2.24) is 4.98 Å². The highest BCUT2D eigenvalue weighted by Gasteiger charge is 2.11. The molecule has 82 valence electrons. The van der Waals surface area contributed by atoms with Crippen LogP contribution in [0.4, 0.5) is 0 Å². The molecule has 0 saturated heterocycles. The standard InChI is InChI=1S/C12H9Cl2NO/c13-10-4-3-8(6-11(10)14)12(16)9-2-1-5-15-7-9/h1-7,12,16H/t12-/m0/s1. The van der Waals surface area contributed by atoms with Gasteiger partial charge in [-0.1, -0.05) is 35.3 Å². The lowest BCUT2D eigenvalue weighted by Crippen LogP contribution is -1.99. The van der Waals surface area contributed by atoms with E-state index in [4.69, 9.17) is 23.2 Å². The number of aromatic nitrogens is 1. The minimum absolute atomic E-state index is 0.433. The third-order valence-corrected chi connectivity index (χ3v) is 3.00. The quantitative estimate of drug-likeness (QED) is 0.890. The van der Waals surface area contributed by atoms with Gasteiger partial charge in [0.2, 0.25) is 0 Å². The lowest BCUT2D eigenvalue weighted by atomic mass is 10.0. The number of aliphatic hydroxyl groups is 1. The van der Waals surface area contributed by atoms with Crippen molar-refractivity contribution in [3.8, 4) is 0 Å². The van der Waals surface area contributed by atoms with Crippen molar-refractivity contribution in [3.05, 3.63) is 63.9 Å². The summed E-state index contributed by atoms with van der Waals surface area (Å²) in [5, 5.41) is 11.0. The number of nitrogens with zero attached hydrogens (tertiary/aromatic N) is 1. The average molecular weight is 254 g/mol. The number of halogens is 2. The molecule has 16 heavy (non-hydrogen) atoms. The molecule has 1 heterocycles. The first-order valence-electron chi connectivity index (χ1n) is 4.71. The molecule has 0 aliphatic heterocycles. The predicted octanol–water partition coefficient (Wildman–Crippen LogP) is 3.47. The van der Waals surface area contributed by atoms with E-state index in [1.807, 2.05) is 0 Å². The number of aliphatic hydroxyl groups excluding tert-OH is 1. The summed E-state index contributed by atoms with van der Waals surface area (Å²) < 4.78 is 0. The maximum Gasteiger partial charge on any atom is 0.106 e. The Morgan fingerprint density at radius 1 is 1.06 bits per heavy atom. The van der Waals surface area contributed by atoms with Crippen LogP contribution in [0.1, 0.15) is 17.2 Å². The molecule has 1 N–H and O–H groups in total. The minimum Gasteiger partial charge on any atom is -0.384 e. The number of benzene rings is 1. The van der Waals surface area contributed by atoms with Crippen molar-refractivity contribution in [2.24, 2.45) is 0 Å². The molecule has 0 spiro atoms. The summed E-state index contributed by atoms with van der Waals surface area (Å²) in [5.74, 6) is 0. The Labute approximate surface area is 103 Å². The summed E-state index contributed by atoms with van der Waals surface area (Å²) in [5.41, 5.74) is 1.42. The van der Waals surface area contributed by atoms with E-state index >= 15 is 0 Å². The molecule has 2 nitrogen and oxygen atoms in total. The van der Waals surface area contributed by atoms with E-state index in [1.54, 1.807) is 42.7 Å². The summed E-state index contributed by atoms with van der Waals surface area (Å²) in [7, 11) is 0. The number of hydrogen-bond donors (Lipinski definition) is 1. The summed E-state index contributed by atoms with van der Waals surface area (Å²) in [4.78, 5) is 3.95. The molecular weight excluding hydrogens is 245 g/mol. The average Bonchev–Trinajstić information content (AvgIpc) is 2.33. The van der Waals surface area contributed by atoms with Crippen molar-refractivity contribution in [2.45, 2.75) is 6.10 Å². The molecule has 0 aliphatic carbocycles. The van der Waals surface area contributed by atoms with E-state index in [0.29, 0.717) is 15.6 Å². The molecule has 2 aromatic rings. The lowest BCUT2D eigenvalue weighted by molar-refractivity contribution is 0.220. The van der Waals surface area contributed by atoms with Gasteiger partial charge in [-0.3, -0.25) is 4.98 Å². The second-order valence-corrected chi connectivity index (χ2v) is 4.18. The maximum atomic E-state index is 10.1. The Balaban J connectivity index is 2.34. The zero-order valence-electron chi connectivity index (χ0n) is 8.27. The number of rotatable bonds is 2. The zero-order valence-corrected chi connectivity index (χ0v) is 9.78.